The van der Waals surface area contributed by atoms with E-state index in [-0.39, 0.29) is 12.2 Å². The van der Waals surface area contributed by atoms with E-state index in [2.05, 4.69) is 0 Å². The van der Waals surface area contributed by atoms with Crippen molar-refractivity contribution in [2.24, 2.45) is 0 Å². The van der Waals surface area contributed by atoms with Crippen LogP contribution in [0.2, 0.25) is 5.02 Å². The second kappa shape index (κ2) is 5.19. The summed E-state index contributed by atoms with van der Waals surface area (Å²) in [5.74, 6) is -0.353. The Hall–Kier alpha value is -1.38. The number of benzene rings is 2. The lowest BCUT2D eigenvalue weighted by Crippen LogP contribution is -2.33. The van der Waals surface area contributed by atoms with Crippen molar-refractivity contribution in [3.8, 4) is 0 Å². The number of aliphatic hydroxyl groups is 1. The average Bonchev–Trinajstić information content (AvgIpc) is 2.44. The molecule has 20 heavy (non-hydrogen) atoms. The molecule has 2 aromatic carbocycles. The zero-order valence-corrected chi connectivity index (χ0v) is 11.8. The highest BCUT2D eigenvalue weighted by atomic mass is 35.5. The molecule has 1 nitrogen and oxygen atoms in total. The van der Waals surface area contributed by atoms with Gasteiger partial charge < -0.3 is 5.11 Å². The minimum absolute atomic E-state index is 0.218. The third-order valence-electron chi connectivity index (χ3n) is 4.09. The standard InChI is InChI=1S/C17H16ClFO/c18-15-8-3-9-16(19)13(15)11-17(20)10-4-6-12-5-1-2-7-14(12)17/h1-3,5,7-9,20H,4,6,10-11H2. The van der Waals surface area contributed by atoms with Crippen LogP contribution in [0.1, 0.15) is 29.5 Å². The molecule has 0 spiro atoms. The largest absolute Gasteiger partial charge is 0.385 e. The molecular weight excluding hydrogens is 275 g/mol. The molecule has 0 aliphatic heterocycles. The quantitative estimate of drug-likeness (QED) is 0.877. The Morgan fingerprint density at radius 2 is 1.95 bits per heavy atom. The smallest absolute Gasteiger partial charge is 0.128 e. The van der Waals surface area contributed by atoms with Gasteiger partial charge in [-0.15, -0.1) is 0 Å². The molecule has 0 fully saturated rings. The van der Waals surface area contributed by atoms with Crippen molar-refractivity contribution in [3.05, 3.63) is 70.0 Å². The highest BCUT2D eigenvalue weighted by molar-refractivity contribution is 6.31. The van der Waals surface area contributed by atoms with Gasteiger partial charge in [0.05, 0.1) is 5.60 Å². The Balaban J connectivity index is 2.02. The van der Waals surface area contributed by atoms with Crippen LogP contribution in [-0.2, 0) is 18.4 Å². The van der Waals surface area contributed by atoms with Gasteiger partial charge in [0.15, 0.2) is 0 Å². The van der Waals surface area contributed by atoms with Crippen LogP contribution in [0.3, 0.4) is 0 Å². The molecule has 1 unspecified atom stereocenters. The molecule has 1 N–H and O–H groups in total. The van der Waals surface area contributed by atoms with E-state index in [0.717, 1.165) is 24.0 Å². The summed E-state index contributed by atoms with van der Waals surface area (Å²) in [7, 11) is 0. The number of aryl methyl sites for hydroxylation is 1. The first-order valence-electron chi connectivity index (χ1n) is 6.84. The van der Waals surface area contributed by atoms with Gasteiger partial charge in [-0.25, -0.2) is 4.39 Å². The summed E-state index contributed by atoms with van der Waals surface area (Å²) in [6, 6.07) is 12.5. The predicted molar refractivity (Wildman–Crippen MR) is 78.4 cm³/mol. The SMILES string of the molecule is OC1(Cc2c(F)cccc2Cl)CCCc2ccccc21. The normalized spacial score (nSPS) is 21.6. The van der Waals surface area contributed by atoms with E-state index in [0.29, 0.717) is 17.0 Å². The van der Waals surface area contributed by atoms with Crippen LogP contribution in [0.25, 0.3) is 0 Å². The number of halogens is 2. The Morgan fingerprint density at radius 3 is 2.75 bits per heavy atom. The lowest BCUT2D eigenvalue weighted by Gasteiger charge is -2.35. The fraction of sp³-hybridized carbons (Fsp3) is 0.294. The number of hydrogen-bond acceptors (Lipinski definition) is 1. The topological polar surface area (TPSA) is 20.2 Å². The Labute approximate surface area is 123 Å². The molecule has 1 aliphatic carbocycles. The third kappa shape index (κ3) is 2.34. The van der Waals surface area contributed by atoms with Crippen molar-refractivity contribution in [3.63, 3.8) is 0 Å². The summed E-state index contributed by atoms with van der Waals surface area (Å²) in [6.45, 7) is 0. The summed E-state index contributed by atoms with van der Waals surface area (Å²) in [6.07, 6.45) is 2.72. The van der Waals surface area contributed by atoms with E-state index in [1.54, 1.807) is 12.1 Å². The Morgan fingerprint density at radius 1 is 1.15 bits per heavy atom. The fourth-order valence-corrected chi connectivity index (χ4v) is 3.31. The molecule has 0 bridgehead atoms. The van der Waals surface area contributed by atoms with Crippen LogP contribution in [0.15, 0.2) is 42.5 Å². The highest BCUT2D eigenvalue weighted by Crippen LogP contribution is 2.39. The van der Waals surface area contributed by atoms with Gasteiger partial charge in [0.25, 0.3) is 0 Å². The molecule has 0 saturated carbocycles. The Bertz CT molecular complexity index is 620. The average molecular weight is 291 g/mol. The molecule has 0 aromatic heterocycles. The van der Waals surface area contributed by atoms with E-state index in [4.69, 9.17) is 11.6 Å². The molecule has 2 aromatic rings. The molecule has 104 valence electrons. The van der Waals surface area contributed by atoms with Crippen LogP contribution in [0, 0.1) is 5.82 Å². The van der Waals surface area contributed by atoms with Crippen molar-refractivity contribution in [2.45, 2.75) is 31.3 Å². The second-order valence-electron chi connectivity index (χ2n) is 5.42. The molecular formula is C17H16ClFO. The van der Waals surface area contributed by atoms with E-state index in [1.165, 1.54) is 6.07 Å². The summed E-state index contributed by atoms with van der Waals surface area (Å²) >= 11 is 6.09. The summed E-state index contributed by atoms with van der Waals surface area (Å²) in [5.41, 5.74) is 1.42. The molecule has 1 atom stereocenters. The first-order valence-corrected chi connectivity index (χ1v) is 7.22. The van der Waals surface area contributed by atoms with Gasteiger partial charge in [0.1, 0.15) is 5.82 Å². The van der Waals surface area contributed by atoms with Gasteiger partial charge in [-0.3, -0.25) is 0 Å². The molecule has 0 amide bonds. The van der Waals surface area contributed by atoms with Gasteiger partial charge in [-0.1, -0.05) is 41.9 Å². The predicted octanol–water partition coefficient (Wildman–Crippen LogP) is 4.25. The molecule has 3 rings (SSSR count). The number of fused-ring (bicyclic) bond motifs is 1. The minimum Gasteiger partial charge on any atom is -0.385 e. The van der Waals surface area contributed by atoms with Crippen LogP contribution >= 0.6 is 11.6 Å². The lowest BCUT2D eigenvalue weighted by molar-refractivity contribution is 0.0183. The summed E-state index contributed by atoms with van der Waals surface area (Å²) < 4.78 is 14.0. The van der Waals surface area contributed by atoms with Crippen molar-refractivity contribution in [1.82, 2.24) is 0 Å². The van der Waals surface area contributed by atoms with Crippen LogP contribution in [0.4, 0.5) is 4.39 Å². The summed E-state index contributed by atoms with van der Waals surface area (Å²) in [5, 5.41) is 11.4. The van der Waals surface area contributed by atoms with Gasteiger partial charge in [-0.05, 0) is 42.5 Å². The van der Waals surface area contributed by atoms with Crippen LogP contribution in [0.5, 0.6) is 0 Å². The van der Waals surface area contributed by atoms with Gasteiger partial charge in [-0.2, -0.15) is 0 Å². The van der Waals surface area contributed by atoms with Crippen molar-refractivity contribution in [1.29, 1.82) is 0 Å². The van der Waals surface area contributed by atoms with Crippen molar-refractivity contribution >= 4 is 11.6 Å². The minimum atomic E-state index is -1.03. The molecule has 1 aliphatic rings. The Kier molecular flexibility index (Phi) is 3.53. The lowest BCUT2D eigenvalue weighted by atomic mass is 9.76. The van der Waals surface area contributed by atoms with E-state index < -0.39 is 5.60 Å². The molecule has 0 radical (unpaired) electrons. The first-order chi connectivity index (χ1) is 9.60. The molecule has 0 saturated heterocycles. The van der Waals surface area contributed by atoms with Gasteiger partial charge in [0.2, 0.25) is 0 Å². The van der Waals surface area contributed by atoms with E-state index >= 15 is 0 Å². The zero-order valence-electron chi connectivity index (χ0n) is 11.1. The van der Waals surface area contributed by atoms with Crippen molar-refractivity contribution in [2.75, 3.05) is 0 Å². The molecule has 3 heteroatoms. The maximum atomic E-state index is 14.0. The van der Waals surface area contributed by atoms with Gasteiger partial charge >= 0.3 is 0 Å². The van der Waals surface area contributed by atoms with Gasteiger partial charge in [0, 0.05) is 17.0 Å². The molecule has 0 heterocycles. The third-order valence-corrected chi connectivity index (χ3v) is 4.44. The first kappa shape index (κ1) is 13.6. The second-order valence-corrected chi connectivity index (χ2v) is 5.83. The van der Waals surface area contributed by atoms with Crippen LogP contribution < -0.4 is 0 Å². The maximum absolute atomic E-state index is 14.0. The number of rotatable bonds is 2. The summed E-state index contributed by atoms with van der Waals surface area (Å²) in [4.78, 5) is 0. The van der Waals surface area contributed by atoms with Crippen LogP contribution in [-0.4, -0.2) is 5.11 Å². The highest BCUT2D eigenvalue weighted by Gasteiger charge is 2.35. The zero-order chi connectivity index (χ0) is 14.2. The number of hydrogen-bond donors (Lipinski definition) is 1. The monoisotopic (exact) mass is 290 g/mol. The maximum Gasteiger partial charge on any atom is 0.128 e. The van der Waals surface area contributed by atoms with E-state index in [9.17, 15) is 9.50 Å². The van der Waals surface area contributed by atoms with E-state index in [1.807, 2.05) is 24.3 Å². The fourth-order valence-electron chi connectivity index (χ4n) is 3.08. The van der Waals surface area contributed by atoms with Crippen molar-refractivity contribution < 1.29 is 9.50 Å².